The van der Waals surface area contributed by atoms with E-state index >= 15 is 0 Å². The van der Waals surface area contributed by atoms with Crippen LogP contribution in [0.4, 0.5) is 13.2 Å². The molecule has 1 heterocycles. The van der Waals surface area contributed by atoms with Crippen molar-refractivity contribution in [3.05, 3.63) is 46.2 Å². The monoisotopic (exact) mass is 383 g/mol. The number of rotatable bonds is 4. The molecule has 10 heteroatoms. The van der Waals surface area contributed by atoms with Crippen LogP contribution in [0.2, 0.25) is 0 Å². The van der Waals surface area contributed by atoms with E-state index in [0.29, 0.717) is 5.56 Å². The number of halogens is 3. The third-order valence-corrected chi connectivity index (χ3v) is 3.57. The molecule has 1 aromatic carbocycles. The zero-order valence-electron chi connectivity index (χ0n) is 14.6. The molecule has 0 aliphatic rings. The molecule has 0 saturated heterocycles. The molecule has 0 atom stereocenters. The molecule has 0 bridgehead atoms. The van der Waals surface area contributed by atoms with E-state index in [4.69, 9.17) is 0 Å². The van der Waals surface area contributed by atoms with Crippen molar-refractivity contribution in [2.45, 2.75) is 32.7 Å². The third-order valence-electron chi connectivity index (χ3n) is 3.57. The van der Waals surface area contributed by atoms with Gasteiger partial charge >= 0.3 is 6.36 Å². The quantitative estimate of drug-likeness (QED) is 0.790. The summed E-state index contributed by atoms with van der Waals surface area (Å²) in [5.74, 6) is -1.30. The number of alkyl halides is 3. The summed E-state index contributed by atoms with van der Waals surface area (Å²) >= 11 is 0. The van der Waals surface area contributed by atoms with Crippen LogP contribution < -0.4 is 10.3 Å². The van der Waals surface area contributed by atoms with E-state index in [1.165, 1.54) is 39.0 Å². The van der Waals surface area contributed by atoms with Crippen LogP contribution >= 0.6 is 0 Å². The summed E-state index contributed by atoms with van der Waals surface area (Å²) in [5.41, 5.74) is -1.84. The normalized spacial score (nSPS) is 12.8. The molecule has 0 aliphatic heterocycles. The maximum absolute atomic E-state index is 12.2. The van der Waals surface area contributed by atoms with E-state index in [2.05, 4.69) is 19.9 Å². The molecule has 2 N–H and O–H groups in total. The van der Waals surface area contributed by atoms with E-state index in [9.17, 15) is 27.9 Å². The topological polar surface area (TPSA) is 105 Å². The number of amides is 1. The number of carbonyl (C=O) groups is 1. The first-order valence-electron chi connectivity index (χ1n) is 7.65. The molecule has 1 aromatic heterocycles. The predicted octanol–water partition coefficient (Wildman–Crippen LogP) is 2.71. The first kappa shape index (κ1) is 20.3. The Balaban J connectivity index is 2.35. The molecular formula is C17H16F3N3O4. The fourth-order valence-corrected chi connectivity index (χ4v) is 1.89. The Bertz CT molecular complexity index is 926. The minimum Gasteiger partial charge on any atom is -0.406 e. The number of ether oxygens (including phenoxy) is 1. The van der Waals surface area contributed by atoms with Gasteiger partial charge in [0.1, 0.15) is 11.3 Å². The Morgan fingerprint density at radius 2 is 1.81 bits per heavy atom. The SMILES string of the molecule is CC(=NC(=O)c1cc(-c2ccc(OC(F)(F)F)cc2)n[nH]c1=O)C(C)(C)O. The summed E-state index contributed by atoms with van der Waals surface area (Å²) in [6.45, 7) is 4.31. The van der Waals surface area contributed by atoms with Crippen molar-refractivity contribution in [3.8, 4) is 17.0 Å². The molecule has 1 amide bonds. The largest absolute Gasteiger partial charge is 0.573 e. The molecule has 7 nitrogen and oxygen atoms in total. The van der Waals surface area contributed by atoms with Crippen molar-refractivity contribution < 1.29 is 27.8 Å². The number of hydrogen-bond donors (Lipinski definition) is 2. The van der Waals surface area contributed by atoms with Gasteiger partial charge in [-0.25, -0.2) is 10.1 Å². The molecule has 0 aliphatic carbocycles. The van der Waals surface area contributed by atoms with E-state index in [-0.39, 0.29) is 17.0 Å². The Labute approximate surface area is 151 Å². The Hall–Kier alpha value is -3.01. The minimum atomic E-state index is -4.81. The lowest BCUT2D eigenvalue weighted by atomic mass is 10.0. The minimum absolute atomic E-state index is 0.110. The standard InChI is InChI=1S/C17H16F3N3O4/c1-9(16(2,3)26)21-14(24)12-8-13(22-23-15(12)25)10-4-6-11(7-5-10)27-17(18,19)20/h4-8,26H,1-3H3,(H,23,25). The van der Waals surface area contributed by atoms with Gasteiger partial charge in [-0.3, -0.25) is 9.59 Å². The van der Waals surface area contributed by atoms with Gasteiger partial charge in [-0.15, -0.1) is 13.2 Å². The van der Waals surface area contributed by atoms with E-state index in [0.717, 1.165) is 12.1 Å². The van der Waals surface area contributed by atoms with Crippen LogP contribution in [0.3, 0.4) is 0 Å². The maximum atomic E-state index is 12.2. The molecule has 0 saturated carbocycles. The molecule has 0 radical (unpaired) electrons. The molecule has 0 spiro atoms. The lowest BCUT2D eigenvalue weighted by Crippen LogP contribution is -2.30. The highest BCUT2D eigenvalue weighted by atomic mass is 19.4. The van der Waals surface area contributed by atoms with Crippen molar-refractivity contribution in [2.75, 3.05) is 0 Å². The van der Waals surface area contributed by atoms with Crippen LogP contribution in [0.15, 0.2) is 40.1 Å². The van der Waals surface area contributed by atoms with Gasteiger partial charge in [-0.1, -0.05) is 0 Å². The molecule has 0 unspecified atom stereocenters. The average molecular weight is 383 g/mol. The number of aliphatic hydroxyl groups is 1. The van der Waals surface area contributed by atoms with Crippen LogP contribution in [0.1, 0.15) is 31.1 Å². The maximum Gasteiger partial charge on any atom is 0.573 e. The Morgan fingerprint density at radius 3 is 2.33 bits per heavy atom. The fourth-order valence-electron chi connectivity index (χ4n) is 1.89. The van der Waals surface area contributed by atoms with Gasteiger partial charge < -0.3 is 9.84 Å². The lowest BCUT2D eigenvalue weighted by Gasteiger charge is -2.16. The fraction of sp³-hybridized carbons (Fsp3) is 0.294. The van der Waals surface area contributed by atoms with Gasteiger partial charge in [0.2, 0.25) is 0 Å². The summed E-state index contributed by atoms with van der Waals surface area (Å²) in [6, 6.07) is 5.91. The van der Waals surface area contributed by atoms with Crippen molar-refractivity contribution in [2.24, 2.45) is 4.99 Å². The second-order valence-corrected chi connectivity index (χ2v) is 6.13. The summed E-state index contributed by atoms with van der Waals surface area (Å²) in [5, 5.41) is 15.7. The number of carbonyl (C=O) groups excluding carboxylic acids is 1. The lowest BCUT2D eigenvalue weighted by molar-refractivity contribution is -0.274. The summed E-state index contributed by atoms with van der Waals surface area (Å²) < 4.78 is 40.4. The van der Waals surface area contributed by atoms with Crippen molar-refractivity contribution in [1.82, 2.24) is 10.2 Å². The van der Waals surface area contributed by atoms with E-state index in [1.54, 1.807) is 0 Å². The highest BCUT2D eigenvalue weighted by Gasteiger charge is 2.31. The number of aromatic nitrogens is 2. The van der Waals surface area contributed by atoms with E-state index in [1.807, 2.05) is 0 Å². The summed E-state index contributed by atoms with van der Waals surface area (Å²) in [4.78, 5) is 27.8. The van der Waals surface area contributed by atoms with Crippen LogP contribution in [0.5, 0.6) is 5.75 Å². The van der Waals surface area contributed by atoms with Crippen LogP contribution in [0, 0.1) is 0 Å². The predicted molar refractivity (Wildman–Crippen MR) is 90.7 cm³/mol. The Morgan fingerprint density at radius 1 is 1.22 bits per heavy atom. The number of aromatic amines is 1. The Kier molecular flexibility index (Phi) is 5.50. The van der Waals surface area contributed by atoms with Crippen molar-refractivity contribution in [1.29, 1.82) is 0 Å². The van der Waals surface area contributed by atoms with Gasteiger partial charge in [0, 0.05) is 5.56 Å². The number of hydrogen-bond acceptors (Lipinski definition) is 5. The number of H-pyrrole nitrogens is 1. The van der Waals surface area contributed by atoms with Crippen molar-refractivity contribution in [3.63, 3.8) is 0 Å². The van der Waals surface area contributed by atoms with Crippen LogP contribution in [-0.2, 0) is 0 Å². The summed E-state index contributed by atoms with van der Waals surface area (Å²) in [6.07, 6.45) is -4.81. The average Bonchev–Trinajstić information content (AvgIpc) is 2.53. The van der Waals surface area contributed by atoms with E-state index < -0.39 is 29.2 Å². The third kappa shape index (κ3) is 5.48. The zero-order chi connectivity index (χ0) is 20.4. The van der Waals surface area contributed by atoms with Gasteiger partial charge in [-0.2, -0.15) is 5.10 Å². The number of benzene rings is 1. The molecule has 2 aromatic rings. The number of aliphatic imine (C=N–C) groups is 1. The smallest absolute Gasteiger partial charge is 0.406 e. The zero-order valence-corrected chi connectivity index (χ0v) is 14.6. The molecule has 2 rings (SSSR count). The molecule has 27 heavy (non-hydrogen) atoms. The van der Waals surface area contributed by atoms with Gasteiger partial charge in [-0.05, 0) is 51.1 Å². The van der Waals surface area contributed by atoms with Gasteiger partial charge in [0.05, 0.1) is 17.0 Å². The molecule has 144 valence electrons. The molecule has 0 fully saturated rings. The second kappa shape index (κ2) is 7.31. The summed E-state index contributed by atoms with van der Waals surface area (Å²) in [7, 11) is 0. The van der Waals surface area contributed by atoms with Gasteiger partial charge in [0.25, 0.3) is 11.5 Å². The molecular weight excluding hydrogens is 367 g/mol. The number of nitrogens with one attached hydrogen (secondary N) is 1. The highest BCUT2D eigenvalue weighted by Crippen LogP contribution is 2.25. The van der Waals surface area contributed by atoms with Gasteiger partial charge in [0.15, 0.2) is 0 Å². The highest BCUT2D eigenvalue weighted by molar-refractivity contribution is 6.05. The van der Waals surface area contributed by atoms with Crippen LogP contribution in [0.25, 0.3) is 11.3 Å². The van der Waals surface area contributed by atoms with Crippen molar-refractivity contribution >= 4 is 11.6 Å². The number of nitrogens with zero attached hydrogens (tertiary/aromatic N) is 2. The second-order valence-electron chi connectivity index (χ2n) is 6.13. The van der Waals surface area contributed by atoms with Crippen LogP contribution in [-0.4, -0.2) is 38.9 Å². The first-order valence-corrected chi connectivity index (χ1v) is 7.65. The first-order chi connectivity index (χ1) is 12.4.